The van der Waals surface area contributed by atoms with Crippen LogP contribution in [0.25, 0.3) is 11.0 Å². The Kier molecular flexibility index (Phi) is 2.09. The van der Waals surface area contributed by atoms with Crippen molar-refractivity contribution in [2.45, 2.75) is 13.8 Å². The van der Waals surface area contributed by atoms with Gasteiger partial charge in [0.25, 0.3) is 0 Å². The zero-order chi connectivity index (χ0) is 10.3. The highest BCUT2D eigenvalue weighted by Gasteiger charge is 2.18. The topological polar surface area (TPSA) is 53.6 Å². The normalized spacial score (nSPS) is 10.9. The minimum absolute atomic E-state index is 0.192. The SMILES string of the molecule is Cc1ccc(C)c2oc(B(O)O)cc12. The van der Waals surface area contributed by atoms with Crippen LogP contribution in [0, 0.1) is 13.8 Å². The summed E-state index contributed by atoms with van der Waals surface area (Å²) in [6.07, 6.45) is 0. The Morgan fingerprint density at radius 3 is 2.36 bits per heavy atom. The standard InChI is InChI=1S/C10H11BO3/c1-6-3-4-7(2)10-8(6)5-9(14-10)11(12)13/h3-5,12-13H,1-2H3. The molecule has 0 radical (unpaired) electrons. The molecule has 0 aliphatic carbocycles. The highest BCUT2D eigenvalue weighted by atomic mass is 16.4. The highest BCUT2D eigenvalue weighted by Crippen LogP contribution is 2.21. The second-order valence-corrected chi connectivity index (χ2v) is 3.46. The van der Waals surface area contributed by atoms with Crippen molar-refractivity contribution in [3.8, 4) is 0 Å². The number of rotatable bonds is 1. The molecule has 72 valence electrons. The van der Waals surface area contributed by atoms with Gasteiger partial charge in [-0.05, 0) is 31.0 Å². The fourth-order valence-corrected chi connectivity index (χ4v) is 1.54. The molecule has 0 aliphatic rings. The van der Waals surface area contributed by atoms with E-state index in [9.17, 15) is 0 Å². The Morgan fingerprint density at radius 1 is 1.14 bits per heavy atom. The molecule has 0 atom stereocenters. The molecular weight excluding hydrogens is 179 g/mol. The first-order chi connectivity index (χ1) is 6.59. The zero-order valence-corrected chi connectivity index (χ0v) is 8.11. The molecule has 0 fully saturated rings. The van der Waals surface area contributed by atoms with Gasteiger partial charge in [0.05, 0.1) is 0 Å². The zero-order valence-electron chi connectivity index (χ0n) is 8.11. The average molecular weight is 190 g/mol. The summed E-state index contributed by atoms with van der Waals surface area (Å²) in [5.41, 5.74) is 2.99. The van der Waals surface area contributed by atoms with E-state index in [2.05, 4.69) is 0 Å². The van der Waals surface area contributed by atoms with Gasteiger partial charge in [-0.15, -0.1) is 0 Å². The van der Waals surface area contributed by atoms with Gasteiger partial charge in [-0.1, -0.05) is 12.1 Å². The summed E-state index contributed by atoms with van der Waals surface area (Å²) in [6, 6.07) is 5.61. The second kappa shape index (κ2) is 3.15. The van der Waals surface area contributed by atoms with Crippen LogP contribution < -0.4 is 5.66 Å². The van der Waals surface area contributed by atoms with E-state index in [0.717, 1.165) is 22.1 Å². The van der Waals surface area contributed by atoms with Crippen molar-refractivity contribution in [3.63, 3.8) is 0 Å². The molecule has 2 aromatic rings. The molecule has 1 aromatic heterocycles. The fraction of sp³-hybridized carbons (Fsp3) is 0.200. The number of furan rings is 1. The average Bonchev–Trinajstić information content (AvgIpc) is 2.57. The van der Waals surface area contributed by atoms with Gasteiger partial charge in [-0.3, -0.25) is 0 Å². The molecule has 2 N–H and O–H groups in total. The van der Waals surface area contributed by atoms with E-state index in [-0.39, 0.29) is 5.66 Å². The van der Waals surface area contributed by atoms with Crippen LogP contribution in [0.1, 0.15) is 11.1 Å². The van der Waals surface area contributed by atoms with E-state index < -0.39 is 7.12 Å². The maximum atomic E-state index is 8.97. The highest BCUT2D eigenvalue weighted by molar-refractivity contribution is 6.57. The maximum Gasteiger partial charge on any atom is 0.526 e. The number of fused-ring (bicyclic) bond motifs is 1. The minimum atomic E-state index is -1.54. The maximum absolute atomic E-state index is 8.97. The van der Waals surface area contributed by atoms with E-state index in [4.69, 9.17) is 14.5 Å². The molecule has 0 saturated carbocycles. The summed E-state index contributed by atoms with van der Waals surface area (Å²) in [7, 11) is -1.54. The van der Waals surface area contributed by atoms with Crippen LogP contribution in [-0.4, -0.2) is 17.2 Å². The van der Waals surface area contributed by atoms with Gasteiger partial charge in [-0.2, -0.15) is 0 Å². The predicted octanol–water partition coefficient (Wildman–Crippen LogP) is 0.729. The lowest BCUT2D eigenvalue weighted by molar-refractivity contribution is 0.412. The summed E-state index contributed by atoms with van der Waals surface area (Å²) in [6.45, 7) is 3.89. The van der Waals surface area contributed by atoms with E-state index in [1.807, 2.05) is 26.0 Å². The molecule has 0 spiro atoms. The van der Waals surface area contributed by atoms with E-state index in [1.165, 1.54) is 0 Å². The lowest BCUT2D eigenvalue weighted by Gasteiger charge is -1.96. The van der Waals surface area contributed by atoms with Crippen LogP contribution in [0.2, 0.25) is 0 Å². The van der Waals surface area contributed by atoms with Gasteiger partial charge in [0.15, 0.2) is 0 Å². The lowest BCUT2D eigenvalue weighted by Crippen LogP contribution is -2.27. The molecule has 4 heteroatoms. The quantitative estimate of drug-likeness (QED) is 0.651. The van der Waals surface area contributed by atoms with Crippen LogP contribution in [0.5, 0.6) is 0 Å². The van der Waals surface area contributed by atoms with Crippen molar-refractivity contribution in [3.05, 3.63) is 29.3 Å². The molecule has 3 nitrogen and oxygen atoms in total. The Hall–Kier alpha value is -1.26. The van der Waals surface area contributed by atoms with Gasteiger partial charge in [0.1, 0.15) is 11.2 Å². The third-order valence-corrected chi connectivity index (χ3v) is 2.37. The van der Waals surface area contributed by atoms with E-state index in [0.29, 0.717) is 0 Å². The number of hydrogen-bond donors (Lipinski definition) is 2. The first kappa shape index (κ1) is 9.31. The van der Waals surface area contributed by atoms with Crippen molar-refractivity contribution in [2.75, 3.05) is 0 Å². The molecule has 0 amide bonds. The first-order valence-electron chi connectivity index (χ1n) is 4.45. The Morgan fingerprint density at radius 2 is 1.79 bits per heavy atom. The molecule has 2 rings (SSSR count). The summed E-state index contributed by atoms with van der Waals surface area (Å²) < 4.78 is 5.34. The summed E-state index contributed by atoms with van der Waals surface area (Å²) in [4.78, 5) is 0. The van der Waals surface area contributed by atoms with Crippen molar-refractivity contribution >= 4 is 23.7 Å². The van der Waals surface area contributed by atoms with Crippen LogP contribution in [0.3, 0.4) is 0 Å². The van der Waals surface area contributed by atoms with Gasteiger partial charge in [0.2, 0.25) is 0 Å². The van der Waals surface area contributed by atoms with Gasteiger partial charge >= 0.3 is 7.12 Å². The smallest absolute Gasteiger partial charge is 0.464 e. The van der Waals surface area contributed by atoms with Gasteiger partial charge in [0, 0.05) is 5.39 Å². The third-order valence-electron chi connectivity index (χ3n) is 2.37. The molecule has 0 aliphatic heterocycles. The third kappa shape index (κ3) is 1.33. The number of aryl methyl sites for hydroxylation is 2. The molecule has 1 heterocycles. The van der Waals surface area contributed by atoms with Crippen LogP contribution in [0.4, 0.5) is 0 Å². The van der Waals surface area contributed by atoms with Crippen LogP contribution >= 0.6 is 0 Å². The van der Waals surface area contributed by atoms with Gasteiger partial charge < -0.3 is 14.5 Å². The molecule has 1 aromatic carbocycles. The largest absolute Gasteiger partial charge is 0.526 e. The minimum Gasteiger partial charge on any atom is -0.464 e. The van der Waals surface area contributed by atoms with Crippen LogP contribution in [0.15, 0.2) is 22.6 Å². The first-order valence-corrected chi connectivity index (χ1v) is 4.45. The Bertz CT molecular complexity index is 434. The monoisotopic (exact) mass is 190 g/mol. The van der Waals surface area contributed by atoms with Crippen molar-refractivity contribution in [1.29, 1.82) is 0 Å². The van der Waals surface area contributed by atoms with Crippen LogP contribution in [-0.2, 0) is 0 Å². The summed E-state index contributed by atoms with van der Waals surface area (Å²) in [5, 5.41) is 18.9. The second-order valence-electron chi connectivity index (χ2n) is 3.46. The summed E-state index contributed by atoms with van der Waals surface area (Å²) in [5.74, 6) is 0. The van der Waals surface area contributed by atoms with Crippen molar-refractivity contribution in [2.24, 2.45) is 0 Å². The molecule has 0 bridgehead atoms. The van der Waals surface area contributed by atoms with Crippen molar-refractivity contribution in [1.82, 2.24) is 0 Å². The van der Waals surface area contributed by atoms with E-state index >= 15 is 0 Å². The van der Waals surface area contributed by atoms with Gasteiger partial charge in [-0.25, -0.2) is 0 Å². The Balaban J connectivity index is 2.75. The summed E-state index contributed by atoms with van der Waals surface area (Å²) >= 11 is 0. The van der Waals surface area contributed by atoms with Crippen molar-refractivity contribution < 1.29 is 14.5 Å². The number of benzene rings is 1. The molecule has 0 unspecified atom stereocenters. The van der Waals surface area contributed by atoms with E-state index in [1.54, 1.807) is 6.07 Å². The molecular formula is C10H11BO3. The molecule has 14 heavy (non-hydrogen) atoms. The Labute approximate surface area is 82.1 Å². The fourth-order valence-electron chi connectivity index (χ4n) is 1.54. The molecule has 0 saturated heterocycles. The lowest BCUT2D eigenvalue weighted by atomic mass is 9.87. The predicted molar refractivity (Wildman–Crippen MR) is 55.5 cm³/mol. The number of hydrogen-bond acceptors (Lipinski definition) is 3.